The molecule has 0 bridgehead atoms. The predicted molar refractivity (Wildman–Crippen MR) is 85.4 cm³/mol. The molecule has 1 heterocycles. The number of hydroxylamine groups is 1. The van der Waals surface area contributed by atoms with Gasteiger partial charge in [0.25, 0.3) is 5.91 Å². The molecule has 128 valence electrons. The van der Waals surface area contributed by atoms with Crippen LogP contribution >= 0.6 is 0 Å². The van der Waals surface area contributed by atoms with Crippen molar-refractivity contribution in [3.8, 4) is 0 Å². The second-order valence-electron chi connectivity index (χ2n) is 5.91. The summed E-state index contributed by atoms with van der Waals surface area (Å²) in [5, 5.41) is 12.1. The molecule has 7 nitrogen and oxygen atoms in total. The number of aryl methyl sites for hydroxylation is 1. The SMILES string of the molecule is Cc1cccc(S(=O)(=O)NC(CC2CCCNC2)C(=O)NO)c1. The van der Waals surface area contributed by atoms with E-state index in [0.29, 0.717) is 6.42 Å². The van der Waals surface area contributed by atoms with Gasteiger partial charge in [-0.3, -0.25) is 10.0 Å². The van der Waals surface area contributed by atoms with Crippen LogP contribution in [0.2, 0.25) is 0 Å². The summed E-state index contributed by atoms with van der Waals surface area (Å²) in [6.45, 7) is 3.47. The van der Waals surface area contributed by atoms with Gasteiger partial charge in [0.15, 0.2) is 0 Å². The summed E-state index contributed by atoms with van der Waals surface area (Å²) in [6, 6.07) is 5.46. The van der Waals surface area contributed by atoms with Crippen LogP contribution in [0.4, 0.5) is 0 Å². The summed E-state index contributed by atoms with van der Waals surface area (Å²) in [5.74, 6) is -0.557. The molecule has 2 atom stereocenters. The molecule has 8 heteroatoms. The van der Waals surface area contributed by atoms with Crippen LogP contribution in [0.25, 0.3) is 0 Å². The molecular weight excluding hydrogens is 318 g/mol. The number of sulfonamides is 1. The van der Waals surface area contributed by atoms with Gasteiger partial charge < -0.3 is 5.32 Å². The van der Waals surface area contributed by atoms with Crippen LogP contribution in [-0.2, 0) is 14.8 Å². The van der Waals surface area contributed by atoms with Crippen LogP contribution in [0.1, 0.15) is 24.8 Å². The molecule has 1 aliphatic heterocycles. The van der Waals surface area contributed by atoms with Gasteiger partial charge >= 0.3 is 0 Å². The smallest absolute Gasteiger partial charge is 0.261 e. The fourth-order valence-corrected chi connectivity index (χ4v) is 4.10. The van der Waals surface area contributed by atoms with Crippen molar-refractivity contribution in [2.75, 3.05) is 13.1 Å². The molecule has 2 rings (SSSR count). The lowest BCUT2D eigenvalue weighted by molar-refractivity contribution is -0.131. The van der Waals surface area contributed by atoms with Crippen molar-refractivity contribution in [2.45, 2.75) is 37.1 Å². The van der Waals surface area contributed by atoms with Crippen molar-refractivity contribution < 1.29 is 18.4 Å². The summed E-state index contributed by atoms with van der Waals surface area (Å²) >= 11 is 0. The lowest BCUT2D eigenvalue weighted by Gasteiger charge is -2.26. The Hall–Kier alpha value is -1.48. The Balaban J connectivity index is 2.14. The van der Waals surface area contributed by atoms with E-state index in [9.17, 15) is 13.2 Å². The van der Waals surface area contributed by atoms with Crippen LogP contribution in [0.5, 0.6) is 0 Å². The van der Waals surface area contributed by atoms with Gasteiger partial charge in [-0.05, 0) is 62.9 Å². The molecule has 23 heavy (non-hydrogen) atoms. The minimum atomic E-state index is -3.83. The summed E-state index contributed by atoms with van der Waals surface area (Å²) in [6.07, 6.45) is 2.25. The average Bonchev–Trinajstić information content (AvgIpc) is 2.54. The highest BCUT2D eigenvalue weighted by molar-refractivity contribution is 7.89. The molecule has 1 amide bonds. The van der Waals surface area contributed by atoms with E-state index in [0.717, 1.165) is 31.5 Å². The second-order valence-corrected chi connectivity index (χ2v) is 7.63. The number of nitrogens with one attached hydrogen (secondary N) is 3. The van der Waals surface area contributed by atoms with Crippen LogP contribution in [0.3, 0.4) is 0 Å². The molecular formula is C15H23N3O4S. The van der Waals surface area contributed by atoms with Crippen LogP contribution in [0, 0.1) is 12.8 Å². The molecule has 1 saturated heterocycles. The van der Waals surface area contributed by atoms with Crippen LogP contribution in [-0.4, -0.2) is 38.7 Å². The largest absolute Gasteiger partial charge is 0.316 e. The number of amides is 1. The summed E-state index contributed by atoms with van der Waals surface area (Å²) < 4.78 is 27.3. The normalized spacial score (nSPS) is 20.0. The van der Waals surface area contributed by atoms with E-state index >= 15 is 0 Å². The Morgan fingerprint density at radius 1 is 1.48 bits per heavy atom. The highest BCUT2D eigenvalue weighted by atomic mass is 32.2. The van der Waals surface area contributed by atoms with Crippen LogP contribution < -0.4 is 15.5 Å². The zero-order valence-electron chi connectivity index (χ0n) is 13.1. The van der Waals surface area contributed by atoms with Gasteiger partial charge in [-0.15, -0.1) is 0 Å². The van der Waals surface area contributed by atoms with E-state index in [1.165, 1.54) is 6.07 Å². The van der Waals surface area contributed by atoms with Gasteiger partial charge in [-0.1, -0.05) is 12.1 Å². The van der Waals surface area contributed by atoms with Gasteiger partial charge in [-0.25, -0.2) is 13.9 Å². The molecule has 1 aromatic carbocycles. The molecule has 0 aromatic heterocycles. The molecule has 0 saturated carbocycles. The number of rotatable bonds is 6. The zero-order chi connectivity index (χ0) is 16.9. The van der Waals surface area contributed by atoms with E-state index in [1.54, 1.807) is 30.6 Å². The third-order valence-corrected chi connectivity index (χ3v) is 5.46. The first-order chi connectivity index (χ1) is 10.9. The van der Waals surface area contributed by atoms with Gasteiger partial charge in [-0.2, -0.15) is 4.72 Å². The Labute approximate surface area is 136 Å². The van der Waals surface area contributed by atoms with E-state index < -0.39 is 22.0 Å². The van der Waals surface area contributed by atoms with Crippen molar-refractivity contribution in [3.63, 3.8) is 0 Å². The highest BCUT2D eigenvalue weighted by Gasteiger charge is 2.29. The van der Waals surface area contributed by atoms with E-state index in [4.69, 9.17) is 5.21 Å². The number of hydrogen-bond acceptors (Lipinski definition) is 5. The van der Waals surface area contributed by atoms with E-state index in [2.05, 4.69) is 10.0 Å². The molecule has 1 fully saturated rings. The molecule has 0 spiro atoms. The molecule has 1 aliphatic rings. The lowest BCUT2D eigenvalue weighted by Crippen LogP contribution is -2.48. The molecule has 0 aliphatic carbocycles. The zero-order valence-corrected chi connectivity index (χ0v) is 13.9. The molecule has 4 N–H and O–H groups in total. The van der Waals surface area contributed by atoms with E-state index in [-0.39, 0.29) is 10.8 Å². The maximum Gasteiger partial charge on any atom is 0.261 e. The fourth-order valence-electron chi connectivity index (χ4n) is 2.78. The molecule has 0 radical (unpaired) electrons. The van der Waals surface area contributed by atoms with Crippen molar-refractivity contribution >= 4 is 15.9 Å². The van der Waals surface area contributed by atoms with Gasteiger partial charge in [0.2, 0.25) is 10.0 Å². The van der Waals surface area contributed by atoms with E-state index in [1.807, 2.05) is 0 Å². The average molecular weight is 341 g/mol. The Bertz CT molecular complexity index is 642. The number of hydrogen-bond donors (Lipinski definition) is 4. The first-order valence-electron chi connectivity index (χ1n) is 7.66. The number of benzene rings is 1. The number of carbonyl (C=O) groups excluding carboxylic acids is 1. The van der Waals surface area contributed by atoms with Crippen molar-refractivity contribution in [2.24, 2.45) is 5.92 Å². The number of carbonyl (C=O) groups is 1. The van der Waals surface area contributed by atoms with Gasteiger partial charge in [0.1, 0.15) is 6.04 Å². The second kappa shape index (κ2) is 7.87. The first-order valence-corrected chi connectivity index (χ1v) is 9.14. The maximum atomic E-state index is 12.5. The van der Waals surface area contributed by atoms with Crippen molar-refractivity contribution in [1.29, 1.82) is 0 Å². The van der Waals surface area contributed by atoms with Gasteiger partial charge in [0, 0.05) is 0 Å². The Morgan fingerprint density at radius 3 is 2.87 bits per heavy atom. The minimum Gasteiger partial charge on any atom is -0.316 e. The third kappa shape index (κ3) is 5.00. The first kappa shape index (κ1) is 17.9. The minimum absolute atomic E-state index is 0.106. The topological polar surface area (TPSA) is 108 Å². The maximum absolute atomic E-state index is 12.5. The number of piperidine rings is 1. The summed E-state index contributed by atoms with van der Waals surface area (Å²) in [7, 11) is -3.83. The van der Waals surface area contributed by atoms with Crippen LogP contribution in [0.15, 0.2) is 29.2 Å². The summed E-state index contributed by atoms with van der Waals surface area (Å²) in [5.41, 5.74) is 2.37. The highest BCUT2D eigenvalue weighted by Crippen LogP contribution is 2.18. The predicted octanol–water partition coefficient (Wildman–Crippen LogP) is 0.537. The fraction of sp³-hybridized carbons (Fsp3) is 0.533. The summed E-state index contributed by atoms with van der Waals surface area (Å²) in [4.78, 5) is 12.0. The third-order valence-electron chi connectivity index (χ3n) is 3.99. The van der Waals surface area contributed by atoms with Crippen molar-refractivity contribution in [1.82, 2.24) is 15.5 Å². The van der Waals surface area contributed by atoms with Crippen molar-refractivity contribution in [3.05, 3.63) is 29.8 Å². The Kier molecular flexibility index (Phi) is 6.11. The lowest BCUT2D eigenvalue weighted by atomic mass is 9.92. The molecule has 2 unspecified atom stereocenters. The quantitative estimate of drug-likeness (QED) is 0.446. The molecule has 1 aromatic rings. The Morgan fingerprint density at radius 2 is 2.26 bits per heavy atom. The monoisotopic (exact) mass is 341 g/mol. The van der Waals surface area contributed by atoms with Gasteiger partial charge in [0.05, 0.1) is 4.90 Å². The standard InChI is InChI=1S/C15H23N3O4S/c1-11-4-2-6-13(8-11)23(21,22)18-14(15(19)17-20)9-12-5-3-7-16-10-12/h2,4,6,8,12,14,16,18,20H,3,5,7,9-10H2,1H3,(H,17,19).